The van der Waals surface area contributed by atoms with Gasteiger partial charge in [-0.05, 0) is 30.2 Å². The SMILES string of the molecule is CC(Sc1nnnn1CC1CCCO1)C(=O)N1CCOCC1. The zero-order valence-electron chi connectivity index (χ0n) is 12.7. The zero-order chi connectivity index (χ0) is 15.4. The van der Waals surface area contributed by atoms with E-state index in [1.807, 2.05) is 11.8 Å². The van der Waals surface area contributed by atoms with Crippen molar-refractivity contribution in [1.82, 2.24) is 25.1 Å². The fourth-order valence-corrected chi connectivity index (χ4v) is 3.51. The molecule has 122 valence electrons. The zero-order valence-corrected chi connectivity index (χ0v) is 13.5. The number of carbonyl (C=O) groups is 1. The Morgan fingerprint density at radius 2 is 2.23 bits per heavy atom. The number of hydrogen-bond acceptors (Lipinski definition) is 7. The van der Waals surface area contributed by atoms with Crippen LogP contribution in [0.5, 0.6) is 0 Å². The number of ether oxygens (including phenoxy) is 2. The maximum Gasteiger partial charge on any atom is 0.236 e. The second-order valence-corrected chi connectivity index (χ2v) is 6.78. The molecule has 2 aliphatic heterocycles. The molecule has 0 N–H and O–H groups in total. The van der Waals surface area contributed by atoms with Gasteiger partial charge in [0, 0.05) is 19.7 Å². The smallest absolute Gasteiger partial charge is 0.236 e. The standard InChI is InChI=1S/C13H21N5O3S/c1-10(12(19)17-4-7-20-8-5-17)22-13-14-15-16-18(13)9-11-3-2-6-21-11/h10-11H,2-9H2,1H3. The third-order valence-corrected chi connectivity index (χ3v) is 4.91. The third-order valence-electron chi connectivity index (χ3n) is 3.85. The van der Waals surface area contributed by atoms with Crippen LogP contribution in [0, 0.1) is 0 Å². The second-order valence-electron chi connectivity index (χ2n) is 5.48. The highest BCUT2D eigenvalue weighted by atomic mass is 32.2. The van der Waals surface area contributed by atoms with E-state index in [0.29, 0.717) is 38.0 Å². The maximum atomic E-state index is 12.4. The molecule has 8 nitrogen and oxygen atoms in total. The summed E-state index contributed by atoms with van der Waals surface area (Å²) in [5.74, 6) is 0.111. The van der Waals surface area contributed by atoms with Gasteiger partial charge in [-0.2, -0.15) is 0 Å². The van der Waals surface area contributed by atoms with Gasteiger partial charge in [0.15, 0.2) is 0 Å². The van der Waals surface area contributed by atoms with Crippen LogP contribution in [0.1, 0.15) is 19.8 Å². The summed E-state index contributed by atoms with van der Waals surface area (Å²) in [7, 11) is 0. The number of carbonyl (C=O) groups excluding carboxylic acids is 1. The predicted molar refractivity (Wildman–Crippen MR) is 79.5 cm³/mol. The number of morpholine rings is 1. The Balaban J connectivity index is 1.57. The van der Waals surface area contributed by atoms with E-state index in [1.54, 1.807) is 4.68 Å². The lowest BCUT2D eigenvalue weighted by Gasteiger charge is -2.28. The molecule has 0 aliphatic carbocycles. The average molecular weight is 327 g/mol. The molecule has 9 heteroatoms. The monoisotopic (exact) mass is 327 g/mol. The topological polar surface area (TPSA) is 82.4 Å². The first-order chi connectivity index (χ1) is 10.7. The molecule has 1 aromatic heterocycles. The van der Waals surface area contributed by atoms with Gasteiger partial charge in [-0.15, -0.1) is 5.10 Å². The largest absolute Gasteiger partial charge is 0.378 e. The molecule has 22 heavy (non-hydrogen) atoms. The normalized spacial score (nSPS) is 23.7. The molecule has 2 aliphatic rings. The van der Waals surface area contributed by atoms with Crippen molar-refractivity contribution in [3.63, 3.8) is 0 Å². The summed E-state index contributed by atoms with van der Waals surface area (Å²) in [6, 6.07) is 0. The fourth-order valence-electron chi connectivity index (χ4n) is 2.63. The summed E-state index contributed by atoms with van der Waals surface area (Å²) in [5.41, 5.74) is 0. The first kappa shape index (κ1) is 15.7. The highest BCUT2D eigenvalue weighted by molar-refractivity contribution is 8.00. The van der Waals surface area contributed by atoms with Gasteiger partial charge in [-0.25, -0.2) is 4.68 Å². The van der Waals surface area contributed by atoms with Gasteiger partial charge in [0.2, 0.25) is 11.1 Å². The Morgan fingerprint density at radius 3 is 2.95 bits per heavy atom. The molecule has 3 rings (SSSR count). The van der Waals surface area contributed by atoms with E-state index in [-0.39, 0.29) is 17.3 Å². The summed E-state index contributed by atoms with van der Waals surface area (Å²) in [4.78, 5) is 14.3. The van der Waals surface area contributed by atoms with Crippen molar-refractivity contribution in [1.29, 1.82) is 0 Å². The van der Waals surface area contributed by atoms with Gasteiger partial charge in [-0.3, -0.25) is 4.79 Å². The Morgan fingerprint density at radius 1 is 1.41 bits per heavy atom. The van der Waals surface area contributed by atoms with Crippen LogP contribution in [-0.4, -0.2) is 75.3 Å². The molecule has 3 heterocycles. The van der Waals surface area contributed by atoms with Crippen LogP contribution in [0.2, 0.25) is 0 Å². The van der Waals surface area contributed by atoms with Crippen molar-refractivity contribution < 1.29 is 14.3 Å². The Kier molecular flexibility index (Phi) is 5.27. The summed E-state index contributed by atoms with van der Waals surface area (Å²) in [6.45, 7) is 5.89. The van der Waals surface area contributed by atoms with E-state index in [4.69, 9.17) is 9.47 Å². The molecule has 2 unspecified atom stereocenters. The van der Waals surface area contributed by atoms with Crippen LogP contribution >= 0.6 is 11.8 Å². The van der Waals surface area contributed by atoms with E-state index in [0.717, 1.165) is 19.4 Å². The molecular formula is C13H21N5O3S. The van der Waals surface area contributed by atoms with Crippen molar-refractivity contribution in [3.8, 4) is 0 Å². The number of tetrazole rings is 1. The Bertz CT molecular complexity index is 500. The van der Waals surface area contributed by atoms with Gasteiger partial charge in [-0.1, -0.05) is 11.8 Å². The van der Waals surface area contributed by atoms with E-state index >= 15 is 0 Å². The Hall–Kier alpha value is -1.19. The van der Waals surface area contributed by atoms with Gasteiger partial charge in [0.1, 0.15) is 0 Å². The molecule has 0 bridgehead atoms. The molecule has 0 spiro atoms. The van der Waals surface area contributed by atoms with E-state index < -0.39 is 0 Å². The van der Waals surface area contributed by atoms with Crippen molar-refractivity contribution in [3.05, 3.63) is 0 Å². The highest BCUT2D eigenvalue weighted by Gasteiger charge is 2.26. The molecular weight excluding hydrogens is 306 g/mol. The molecule has 2 fully saturated rings. The molecule has 1 aromatic rings. The molecule has 2 saturated heterocycles. The number of aromatic nitrogens is 4. The second kappa shape index (κ2) is 7.38. The van der Waals surface area contributed by atoms with Crippen LogP contribution in [0.3, 0.4) is 0 Å². The minimum Gasteiger partial charge on any atom is -0.378 e. The molecule has 0 saturated carbocycles. The van der Waals surface area contributed by atoms with Crippen LogP contribution in [0.15, 0.2) is 5.16 Å². The van der Waals surface area contributed by atoms with E-state index in [1.165, 1.54) is 11.8 Å². The number of nitrogens with zero attached hydrogens (tertiary/aromatic N) is 5. The van der Waals surface area contributed by atoms with Gasteiger partial charge >= 0.3 is 0 Å². The van der Waals surface area contributed by atoms with Crippen LogP contribution in [-0.2, 0) is 20.8 Å². The van der Waals surface area contributed by atoms with Crippen LogP contribution in [0.25, 0.3) is 0 Å². The van der Waals surface area contributed by atoms with Gasteiger partial charge < -0.3 is 14.4 Å². The predicted octanol–water partition coefficient (Wildman–Crippen LogP) is 0.192. The summed E-state index contributed by atoms with van der Waals surface area (Å²) in [6.07, 6.45) is 2.29. The maximum absolute atomic E-state index is 12.4. The van der Waals surface area contributed by atoms with Crippen molar-refractivity contribution in [2.45, 2.75) is 42.8 Å². The summed E-state index contributed by atoms with van der Waals surface area (Å²) < 4.78 is 12.6. The molecule has 0 radical (unpaired) electrons. The molecule has 0 aromatic carbocycles. The number of thioether (sulfide) groups is 1. The first-order valence-electron chi connectivity index (χ1n) is 7.65. The summed E-state index contributed by atoms with van der Waals surface area (Å²) in [5, 5.41) is 12.2. The quantitative estimate of drug-likeness (QED) is 0.714. The number of hydrogen-bond donors (Lipinski definition) is 0. The van der Waals surface area contributed by atoms with Crippen LogP contribution < -0.4 is 0 Å². The molecule has 2 atom stereocenters. The third kappa shape index (κ3) is 3.76. The van der Waals surface area contributed by atoms with Crippen molar-refractivity contribution in [2.24, 2.45) is 0 Å². The lowest BCUT2D eigenvalue weighted by Crippen LogP contribution is -2.44. The van der Waals surface area contributed by atoms with E-state index in [9.17, 15) is 4.79 Å². The number of amides is 1. The van der Waals surface area contributed by atoms with Crippen LogP contribution in [0.4, 0.5) is 0 Å². The van der Waals surface area contributed by atoms with Gasteiger partial charge in [0.25, 0.3) is 0 Å². The minimum atomic E-state index is -0.215. The number of rotatable bonds is 5. The Labute approximate surface area is 133 Å². The minimum absolute atomic E-state index is 0.111. The van der Waals surface area contributed by atoms with Crippen molar-refractivity contribution >= 4 is 17.7 Å². The lowest BCUT2D eigenvalue weighted by molar-refractivity contribution is -0.134. The first-order valence-corrected chi connectivity index (χ1v) is 8.53. The summed E-state index contributed by atoms with van der Waals surface area (Å²) >= 11 is 1.40. The molecule has 1 amide bonds. The highest BCUT2D eigenvalue weighted by Crippen LogP contribution is 2.23. The van der Waals surface area contributed by atoms with Crippen molar-refractivity contribution in [2.75, 3.05) is 32.9 Å². The average Bonchev–Trinajstić information content (AvgIpc) is 3.20. The fraction of sp³-hybridized carbons (Fsp3) is 0.846. The lowest BCUT2D eigenvalue weighted by atomic mass is 10.2. The van der Waals surface area contributed by atoms with E-state index in [2.05, 4.69) is 15.5 Å². The van der Waals surface area contributed by atoms with Gasteiger partial charge in [0.05, 0.1) is 31.1 Å².